The van der Waals surface area contributed by atoms with E-state index in [0.717, 1.165) is 23.6 Å². The van der Waals surface area contributed by atoms with Crippen molar-refractivity contribution in [3.05, 3.63) is 36.4 Å². The van der Waals surface area contributed by atoms with Crippen molar-refractivity contribution in [1.29, 1.82) is 0 Å². The lowest BCUT2D eigenvalue weighted by atomic mass is 10.2. The van der Waals surface area contributed by atoms with Crippen LogP contribution in [0.3, 0.4) is 0 Å². The van der Waals surface area contributed by atoms with Gasteiger partial charge in [-0.1, -0.05) is 12.6 Å². The summed E-state index contributed by atoms with van der Waals surface area (Å²) in [4.78, 5) is 2.09. The van der Waals surface area contributed by atoms with Gasteiger partial charge in [-0.3, -0.25) is 0 Å². The predicted molar refractivity (Wildman–Crippen MR) is 66.1 cm³/mol. The molecule has 0 aliphatic heterocycles. The number of anilines is 1. The average molecular weight is 226 g/mol. The van der Waals surface area contributed by atoms with Crippen LogP contribution < -0.4 is 9.64 Å². The standard InChI is InChI=1S/C12H16ClNO/c1-10(8-13)9-14(2)11-5-4-6-12(7-11)15-3/h4-7H,1,8-9H2,2-3H3. The molecule has 0 atom stereocenters. The molecule has 1 aromatic carbocycles. The van der Waals surface area contributed by atoms with Crippen molar-refractivity contribution >= 4 is 17.3 Å². The van der Waals surface area contributed by atoms with Gasteiger partial charge in [0.05, 0.1) is 7.11 Å². The highest BCUT2D eigenvalue weighted by Crippen LogP contribution is 2.20. The van der Waals surface area contributed by atoms with Gasteiger partial charge < -0.3 is 9.64 Å². The predicted octanol–water partition coefficient (Wildman–Crippen LogP) is 2.93. The third-order valence-electron chi connectivity index (χ3n) is 2.14. The molecule has 0 heterocycles. The Morgan fingerprint density at radius 1 is 1.53 bits per heavy atom. The second-order valence-electron chi connectivity index (χ2n) is 3.44. The van der Waals surface area contributed by atoms with E-state index < -0.39 is 0 Å². The van der Waals surface area contributed by atoms with Crippen LogP contribution in [-0.4, -0.2) is 26.6 Å². The lowest BCUT2D eigenvalue weighted by Gasteiger charge is -2.20. The number of halogens is 1. The van der Waals surface area contributed by atoms with Crippen molar-refractivity contribution in [3.8, 4) is 5.75 Å². The van der Waals surface area contributed by atoms with Crippen LogP contribution in [0.1, 0.15) is 0 Å². The normalized spacial score (nSPS) is 9.80. The second kappa shape index (κ2) is 5.66. The van der Waals surface area contributed by atoms with Gasteiger partial charge in [0.2, 0.25) is 0 Å². The fraction of sp³-hybridized carbons (Fsp3) is 0.333. The quantitative estimate of drug-likeness (QED) is 0.565. The molecule has 0 saturated heterocycles. The van der Waals surface area contributed by atoms with Crippen molar-refractivity contribution in [2.75, 3.05) is 31.5 Å². The molecule has 1 aromatic rings. The molecular weight excluding hydrogens is 210 g/mol. The number of benzene rings is 1. The maximum Gasteiger partial charge on any atom is 0.120 e. The zero-order valence-electron chi connectivity index (χ0n) is 9.16. The molecule has 0 amide bonds. The van der Waals surface area contributed by atoms with Crippen molar-refractivity contribution in [2.24, 2.45) is 0 Å². The minimum atomic E-state index is 0.494. The highest BCUT2D eigenvalue weighted by molar-refractivity contribution is 6.19. The molecule has 2 nitrogen and oxygen atoms in total. The fourth-order valence-corrected chi connectivity index (χ4v) is 1.40. The molecule has 1 rings (SSSR count). The van der Waals surface area contributed by atoms with E-state index >= 15 is 0 Å². The molecule has 0 saturated carbocycles. The molecule has 0 aliphatic rings. The van der Waals surface area contributed by atoms with Crippen LogP contribution in [0, 0.1) is 0 Å². The molecule has 3 heteroatoms. The Morgan fingerprint density at radius 3 is 2.87 bits per heavy atom. The van der Waals surface area contributed by atoms with E-state index in [1.807, 2.05) is 31.3 Å². The average Bonchev–Trinajstić information content (AvgIpc) is 2.28. The summed E-state index contributed by atoms with van der Waals surface area (Å²) in [5.74, 6) is 1.35. The van der Waals surface area contributed by atoms with E-state index in [0.29, 0.717) is 5.88 Å². The zero-order chi connectivity index (χ0) is 11.3. The van der Waals surface area contributed by atoms with Crippen LogP contribution in [0.15, 0.2) is 36.4 Å². The summed E-state index contributed by atoms with van der Waals surface area (Å²) < 4.78 is 5.16. The summed E-state index contributed by atoms with van der Waals surface area (Å²) in [7, 11) is 3.67. The summed E-state index contributed by atoms with van der Waals surface area (Å²) in [6.45, 7) is 4.64. The molecule has 0 aromatic heterocycles. The van der Waals surface area contributed by atoms with E-state index in [1.54, 1.807) is 7.11 Å². The molecule has 0 aliphatic carbocycles. The molecule has 0 unspecified atom stereocenters. The Bertz CT molecular complexity index is 338. The molecule has 0 fully saturated rings. The van der Waals surface area contributed by atoms with Crippen LogP contribution in [0.25, 0.3) is 0 Å². The van der Waals surface area contributed by atoms with Gasteiger partial charge in [-0.15, -0.1) is 11.6 Å². The second-order valence-corrected chi connectivity index (χ2v) is 3.71. The Morgan fingerprint density at radius 2 is 2.27 bits per heavy atom. The summed E-state index contributed by atoms with van der Waals surface area (Å²) in [5, 5.41) is 0. The van der Waals surface area contributed by atoms with Crippen molar-refractivity contribution in [3.63, 3.8) is 0 Å². The van der Waals surface area contributed by atoms with Crippen LogP contribution >= 0.6 is 11.6 Å². The molecule has 0 N–H and O–H groups in total. The monoisotopic (exact) mass is 225 g/mol. The lowest BCUT2D eigenvalue weighted by molar-refractivity contribution is 0.415. The summed E-state index contributed by atoms with van der Waals surface area (Å²) in [5.41, 5.74) is 2.10. The van der Waals surface area contributed by atoms with Crippen LogP contribution in [0.5, 0.6) is 5.75 Å². The third-order valence-corrected chi connectivity index (χ3v) is 2.52. The van der Waals surface area contributed by atoms with Crippen molar-refractivity contribution in [2.45, 2.75) is 0 Å². The molecular formula is C12H16ClNO. The first kappa shape index (κ1) is 11.9. The summed E-state index contributed by atoms with van der Waals surface area (Å²) in [6, 6.07) is 7.91. The summed E-state index contributed by atoms with van der Waals surface area (Å²) >= 11 is 5.69. The summed E-state index contributed by atoms with van der Waals surface area (Å²) in [6.07, 6.45) is 0. The number of hydrogen-bond donors (Lipinski definition) is 0. The first-order valence-corrected chi connectivity index (χ1v) is 5.28. The van der Waals surface area contributed by atoms with Gasteiger partial charge >= 0.3 is 0 Å². The van der Waals surface area contributed by atoms with Crippen molar-refractivity contribution < 1.29 is 4.74 Å². The smallest absolute Gasteiger partial charge is 0.120 e. The Balaban J connectivity index is 2.72. The lowest BCUT2D eigenvalue weighted by Crippen LogP contribution is -2.20. The number of nitrogens with zero attached hydrogens (tertiary/aromatic N) is 1. The number of hydrogen-bond acceptors (Lipinski definition) is 2. The minimum absolute atomic E-state index is 0.494. The van der Waals surface area contributed by atoms with Gasteiger partial charge in [-0.05, 0) is 17.7 Å². The minimum Gasteiger partial charge on any atom is -0.497 e. The van der Waals surface area contributed by atoms with Gasteiger partial charge in [0.15, 0.2) is 0 Å². The first-order chi connectivity index (χ1) is 7.17. The fourth-order valence-electron chi connectivity index (χ4n) is 1.32. The van der Waals surface area contributed by atoms with Crippen LogP contribution in [0.4, 0.5) is 5.69 Å². The maximum absolute atomic E-state index is 5.69. The van der Waals surface area contributed by atoms with Gasteiger partial charge in [-0.25, -0.2) is 0 Å². The number of likely N-dealkylation sites (N-methyl/N-ethyl adjacent to an activating group) is 1. The highest BCUT2D eigenvalue weighted by atomic mass is 35.5. The Hall–Kier alpha value is -1.15. The zero-order valence-corrected chi connectivity index (χ0v) is 9.92. The number of methoxy groups -OCH3 is 1. The first-order valence-electron chi connectivity index (χ1n) is 4.75. The van der Waals surface area contributed by atoms with Gasteiger partial charge in [0, 0.05) is 31.2 Å². The Kier molecular flexibility index (Phi) is 4.50. The maximum atomic E-state index is 5.69. The van der Waals surface area contributed by atoms with E-state index in [9.17, 15) is 0 Å². The molecule has 15 heavy (non-hydrogen) atoms. The molecule has 0 spiro atoms. The SMILES string of the molecule is C=C(CCl)CN(C)c1cccc(OC)c1. The van der Waals surface area contributed by atoms with E-state index in [2.05, 4.69) is 11.5 Å². The topological polar surface area (TPSA) is 12.5 Å². The largest absolute Gasteiger partial charge is 0.497 e. The Labute approximate surface area is 96.1 Å². The molecule has 0 radical (unpaired) electrons. The van der Waals surface area contributed by atoms with Gasteiger partial charge in [-0.2, -0.15) is 0 Å². The molecule has 0 bridgehead atoms. The van der Waals surface area contributed by atoms with Gasteiger partial charge in [0.1, 0.15) is 5.75 Å². The van der Waals surface area contributed by atoms with E-state index in [-0.39, 0.29) is 0 Å². The number of alkyl halides is 1. The number of rotatable bonds is 5. The third kappa shape index (κ3) is 3.48. The highest BCUT2D eigenvalue weighted by Gasteiger charge is 2.03. The number of ether oxygens (including phenoxy) is 1. The van der Waals surface area contributed by atoms with Crippen molar-refractivity contribution in [1.82, 2.24) is 0 Å². The van der Waals surface area contributed by atoms with Crippen LogP contribution in [-0.2, 0) is 0 Å². The van der Waals surface area contributed by atoms with Crippen LogP contribution in [0.2, 0.25) is 0 Å². The van der Waals surface area contributed by atoms with E-state index in [4.69, 9.17) is 16.3 Å². The van der Waals surface area contributed by atoms with Gasteiger partial charge in [0.25, 0.3) is 0 Å². The molecule has 82 valence electrons. The van der Waals surface area contributed by atoms with E-state index in [1.165, 1.54) is 0 Å².